The van der Waals surface area contributed by atoms with Crippen LogP contribution in [-0.4, -0.2) is 53.2 Å². The molecular formula is C32H31FN4O2S. The fourth-order valence-electron chi connectivity index (χ4n) is 5.71. The zero-order valence-corrected chi connectivity index (χ0v) is 23.5. The monoisotopic (exact) mass is 554 g/mol. The second-order valence-corrected chi connectivity index (χ2v) is 11.5. The summed E-state index contributed by atoms with van der Waals surface area (Å²) < 4.78 is 20.7. The van der Waals surface area contributed by atoms with Crippen LogP contribution < -0.4 is 9.64 Å². The average molecular weight is 555 g/mol. The number of likely N-dealkylation sites (tertiary alicyclic amines) is 1. The number of nitrogens with zero attached hydrogens (tertiary/aromatic N) is 4. The Morgan fingerprint density at radius 3 is 2.52 bits per heavy atom. The molecule has 2 aliphatic rings. The summed E-state index contributed by atoms with van der Waals surface area (Å²) in [6.07, 6.45) is 6.48. The summed E-state index contributed by atoms with van der Waals surface area (Å²) in [7, 11) is 0. The van der Waals surface area contributed by atoms with Crippen LogP contribution in [0, 0.1) is 11.2 Å². The molecule has 0 N–H and O–H groups in total. The minimum atomic E-state index is -0.316. The van der Waals surface area contributed by atoms with Crippen molar-refractivity contribution >= 4 is 23.5 Å². The fourth-order valence-corrected chi connectivity index (χ4v) is 6.12. The molecule has 204 valence electrons. The zero-order chi connectivity index (χ0) is 27.7. The molecule has 1 aromatic heterocycles. The summed E-state index contributed by atoms with van der Waals surface area (Å²) in [6.45, 7) is 5.17. The molecule has 2 aliphatic heterocycles. The van der Waals surface area contributed by atoms with Crippen molar-refractivity contribution in [2.45, 2.75) is 24.7 Å². The lowest BCUT2D eigenvalue weighted by molar-refractivity contribution is -0.144. The molecule has 0 unspecified atom stereocenters. The van der Waals surface area contributed by atoms with Crippen molar-refractivity contribution in [2.24, 2.45) is 5.41 Å². The van der Waals surface area contributed by atoms with Crippen molar-refractivity contribution < 1.29 is 13.9 Å². The molecule has 6 rings (SSSR count). The molecule has 2 saturated heterocycles. The Labute approximate surface area is 238 Å². The van der Waals surface area contributed by atoms with Crippen LogP contribution in [0.3, 0.4) is 0 Å². The molecule has 4 aromatic rings. The second kappa shape index (κ2) is 10.9. The van der Waals surface area contributed by atoms with Crippen molar-refractivity contribution in [3.63, 3.8) is 0 Å². The topological polar surface area (TPSA) is 58.6 Å². The van der Waals surface area contributed by atoms with Crippen LogP contribution in [0.4, 0.5) is 10.2 Å². The smallest absolute Gasteiger partial charge is 0.227 e. The van der Waals surface area contributed by atoms with Gasteiger partial charge in [0.2, 0.25) is 5.91 Å². The third-order valence-corrected chi connectivity index (χ3v) is 8.52. The Morgan fingerprint density at radius 2 is 1.77 bits per heavy atom. The van der Waals surface area contributed by atoms with Crippen molar-refractivity contribution in [3.8, 4) is 22.6 Å². The van der Waals surface area contributed by atoms with E-state index < -0.39 is 0 Å². The van der Waals surface area contributed by atoms with Crippen LogP contribution in [0.15, 0.2) is 84.1 Å². The van der Waals surface area contributed by atoms with E-state index in [-0.39, 0.29) is 17.1 Å². The normalized spacial score (nSPS) is 15.5. The van der Waals surface area contributed by atoms with E-state index in [0.29, 0.717) is 29.3 Å². The lowest BCUT2D eigenvalue weighted by Crippen LogP contribution is -2.73. The first-order valence-electron chi connectivity index (χ1n) is 13.5. The molecule has 0 bridgehead atoms. The van der Waals surface area contributed by atoms with Gasteiger partial charge in [0.05, 0.1) is 12.6 Å². The van der Waals surface area contributed by atoms with Gasteiger partial charge in [-0.2, -0.15) is 0 Å². The van der Waals surface area contributed by atoms with Gasteiger partial charge in [-0.1, -0.05) is 43.3 Å². The molecule has 0 aliphatic carbocycles. The van der Waals surface area contributed by atoms with Gasteiger partial charge in [0.25, 0.3) is 0 Å². The second-order valence-electron chi connectivity index (χ2n) is 10.6. The quantitative estimate of drug-likeness (QED) is 0.240. The van der Waals surface area contributed by atoms with Gasteiger partial charge in [0, 0.05) is 42.1 Å². The van der Waals surface area contributed by atoms with Crippen LogP contribution in [0.1, 0.15) is 18.1 Å². The highest BCUT2D eigenvalue weighted by Crippen LogP contribution is 2.45. The maximum Gasteiger partial charge on any atom is 0.227 e. The summed E-state index contributed by atoms with van der Waals surface area (Å²) in [5.74, 6) is 1.64. The maximum atomic E-state index is 14.3. The Morgan fingerprint density at radius 1 is 1.00 bits per heavy atom. The van der Waals surface area contributed by atoms with E-state index in [1.807, 2.05) is 41.5 Å². The van der Waals surface area contributed by atoms with Crippen LogP contribution in [0.2, 0.25) is 0 Å². The number of hydrogen-bond donors (Lipinski definition) is 0. The Hall–Kier alpha value is -3.91. The maximum absolute atomic E-state index is 14.3. The molecule has 6 nitrogen and oxygen atoms in total. The molecule has 0 saturated carbocycles. The van der Waals surface area contributed by atoms with Crippen molar-refractivity contribution in [1.29, 1.82) is 0 Å². The average Bonchev–Trinajstić information content (AvgIpc) is 2.93. The number of ether oxygens (including phenoxy) is 1. The SMILES string of the molecule is CCc1ccccc1-c1cc(F)ccc1Oc1cncnc1N1CC2(CN(C(=O)Cc3ccc(SC)cc3)C2)C1. The van der Waals surface area contributed by atoms with E-state index in [1.165, 1.54) is 23.4 Å². The standard InChI is InChI=1S/C32H31FN4O2S/c1-3-23-6-4-5-7-26(23)27-15-24(33)10-13-28(27)39-29-16-34-21-35-31(29)37-19-32(20-37)17-36(18-32)30(38)14-22-8-11-25(40-2)12-9-22/h4-13,15-16,21H,3,14,17-20H2,1-2H3. The first kappa shape index (κ1) is 26.3. The fraction of sp³-hybridized carbons (Fsp3) is 0.281. The van der Waals surface area contributed by atoms with Crippen LogP contribution >= 0.6 is 11.8 Å². The number of aromatic nitrogens is 2. The number of rotatable bonds is 8. The molecule has 8 heteroatoms. The number of aryl methyl sites for hydroxylation is 1. The summed E-state index contributed by atoms with van der Waals surface area (Å²) >= 11 is 1.70. The van der Waals surface area contributed by atoms with E-state index in [4.69, 9.17) is 4.74 Å². The third kappa shape index (κ3) is 5.16. The van der Waals surface area contributed by atoms with Crippen LogP contribution in [0.25, 0.3) is 11.1 Å². The van der Waals surface area contributed by atoms with E-state index in [1.54, 1.807) is 24.0 Å². The Kier molecular flexibility index (Phi) is 7.19. The highest BCUT2D eigenvalue weighted by Gasteiger charge is 2.53. The zero-order valence-electron chi connectivity index (χ0n) is 22.6. The summed E-state index contributed by atoms with van der Waals surface area (Å²) in [5.41, 5.74) is 3.89. The van der Waals surface area contributed by atoms with Gasteiger partial charge in [-0.3, -0.25) is 4.79 Å². The molecule has 3 heterocycles. The third-order valence-electron chi connectivity index (χ3n) is 7.78. The minimum absolute atomic E-state index is 0.0850. The predicted molar refractivity (Wildman–Crippen MR) is 156 cm³/mol. The number of carbonyl (C=O) groups excluding carboxylic acids is 1. The largest absolute Gasteiger partial charge is 0.451 e. The molecule has 3 aromatic carbocycles. The van der Waals surface area contributed by atoms with Crippen molar-refractivity contribution in [1.82, 2.24) is 14.9 Å². The van der Waals surface area contributed by atoms with E-state index in [9.17, 15) is 9.18 Å². The number of benzene rings is 3. The van der Waals surface area contributed by atoms with Crippen molar-refractivity contribution in [3.05, 3.63) is 96.2 Å². The number of hydrogen-bond acceptors (Lipinski definition) is 6. The molecule has 40 heavy (non-hydrogen) atoms. The Balaban J connectivity index is 1.13. The lowest BCUT2D eigenvalue weighted by atomic mass is 9.72. The van der Waals surface area contributed by atoms with Gasteiger partial charge in [-0.15, -0.1) is 11.8 Å². The van der Waals surface area contributed by atoms with Gasteiger partial charge in [-0.05, 0) is 59.7 Å². The number of halogens is 1. The summed E-state index contributed by atoms with van der Waals surface area (Å²) in [5, 5.41) is 0. The predicted octanol–water partition coefficient (Wildman–Crippen LogP) is 6.25. The van der Waals surface area contributed by atoms with E-state index in [2.05, 4.69) is 40.0 Å². The van der Waals surface area contributed by atoms with Crippen molar-refractivity contribution in [2.75, 3.05) is 37.3 Å². The lowest BCUT2D eigenvalue weighted by Gasteiger charge is -2.60. The van der Waals surface area contributed by atoms with Gasteiger partial charge in [-0.25, -0.2) is 14.4 Å². The summed E-state index contributed by atoms with van der Waals surface area (Å²) in [6, 6.07) is 20.8. The number of thioether (sulfide) groups is 1. The molecule has 1 spiro atoms. The van der Waals surface area contributed by atoms with Crippen LogP contribution in [-0.2, 0) is 17.6 Å². The highest BCUT2D eigenvalue weighted by atomic mass is 32.2. The first-order valence-corrected chi connectivity index (χ1v) is 14.7. The van der Waals surface area contributed by atoms with Gasteiger partial charge in [0.1, 0.15) is 17.9 Å². The number of carbonyl (C=O) groups is 1. The highest BCUT2D eigenvalue weighted by molar-refractivity contribution is 7.98. The molecular weight excluding hydrogens is 523 g/mol. The summed E-state index contributed by atoms with van der Waals surface area (Å²) in [4.78, 5) is 26.9. The molecule has 2 fully saturated rings. The van der Waals surface area contributed by atoms with E-state index in [0.717, 1.165) is 49.3 Å². The first-order chi connectivity index (χ1) is 19.5. The number of amides is 1. The van der Waals surface area contributed by atoms with Gasteiger partial charge < -0.3 is 14.5 Å². The van der Waals surface area contributed by atoms with Gasteiger partial charge >= 0.3 is 0 Å². The molecule has 0 atom stereocenters. The van der Waals surface area contributed by atoms with Gasteiger partial charge in [0.15, 0.2) is 11.6 Å². The number of anilines is 1. The molecule has 1 amide bonds. The minimum Gasteiger partial charge on any atom is -0.451 e. The molecule has 0 radical (unpaired) electrons. The van der Waals surface area contributed by atoms with E-state index >= 15 is 0 Å². The van der Waals surface area contributed by atoms with Crippen LogP contribution in [0.5, 0.6) is 11.5 Å². The Bertz CT molecular complexity index is 1530.